The van der Waals surface area contributed by atoms with Crippen LogP contribution in [-0.2, 0) is 21.7 Å². The number of carbonyl (C=O) groups excluding carboxylic acids is 3. The van der Waals surface area contributed by atoms with E-state index in [4.69, 9.17) is 11.6 Å². The maximum Gasteiger partial charge on any atom is 0.344 e. The first-order valence-corrected chi connectivity index (χ1v) is 12.1. The summed E-state index contributed by atoms with van der Waals surface area (Å²) < 4.78 is 1.88. The minimum atomic E-state index is -1.21. The molecule has 3 aromatic rings. The average Bonchev–Trinajstić information content (AvgIpc) is 3.38. The molecule has 176 valence electrons. The van der Waals surface area contributed by atoms with Gasteiger partial charge >= 0.3 is 6.03 Å². The summed E-state index contributed by atoms with van der Waals surface area (Å²) in [5, 5.41) is 13.1. The Labute approximate surface area is 205 Å². The Hall–Kier alpha value is -3.37. The number of thioether (sulfide) groups is 1. The molecule has 34 heavy (non-hydrogen) atoms. The lowest BCUT2D eigenvalue weighted by atomic mass is 9.87. The van der Waals surface area contributed by atoms with E-state index in [2.05, 4.69) is 20.9 Å². The van der Waals surface area contributed by atoms with Crippen LogP contribution in [0.4, 0.5) is 4.79 Å². The molecule has 1 aliphatic heterocycles. The summed E-state index contributed by atoms with van der Waals surface area (Å²) in [4.78, 5) is 38.3. The third-order valence-electron chi connectivity index (χ3n) is 5.59. The quantitative estimate of drug-likeness (QED) is 0.363. The van der Waals surface area contributed by atoms with Crippen LogP contribution in [0.5, 0.6) is 0 Å². The molecule has 9 nitrogen and oxygen atoms in total. The SMILES string of the molecule is CCn1c(SCC(=O)NN2C(=O)NC(CC)(c3ccccc3)C2=O)nnc1-c1ccc(Cl)cc1. The molecule has 4 amide bonds. The molecule has 4 rings (SSSR count). The van der Waals surface area contributed by atoms with Crippen molar-refractivity contribution in [3.8, 4) is 11.4 Å². The summed E-state index contributed by atoms with van der Waals surface area (Å²) in [5.74, 6) is -0.425. The van der Waals surface area contributed by atoms with Gasteiger partial charge < -0.3 is 9.88 Å². The van der Waals surface area contributed by atoms with Gasteiger partial charge in [0.15, 0.2) is 11.0 Å². The van der Waals surface area contributed by atoms with Crippen LogP contribution in [0.3, 0.4) is 0 Å². The second-order valence-electron chi connectivity index (χ2n) is 7.58. The van der Waals surface area contributed by atoms with Crippen LogP contribution in [-0.4, -0.2) is 43.4 Å². The predicted octanol–water partition coefficient (Wildman–Crippen LogP) is 3.60. The normalized spacial score (nSPS) is 17.7. The second kappa shape index (κ2) is 9.86. The highest BCUT2D eigenvalue weighted by Gasteiger charge is 2.52. The summed E-state index contributed by atoms with van der Waals surface area (Å²) >= 11 is 7.13. The zero-order valence-corrected chi connectivity index (χ0v) is 20.2. The number of urea groups is 1. The molecular weight excluding hydrogens is 476 g/mol. The first-order chi connectivity index (χ1) is 16.4. The molecule has 0 spiro atoms. The van der Waals surface area contributed by atoms with Crippen molar-refractivity contribution in [3.05, 3.63) is 65.2 Å². The molecule has 2 heterocycles. The number of hydrogen-bond donors (Lipinski definition) is 2. The van der Waals surface area contributed by atoms with E-state index in [0.29, 0.717) is 34.5 Å². The summed E-state index contributed by atoms with van der Waals surface area (Å²) in [5.41, 5.74) is 2.73. The van der Waals surface area contributed by atoms with E-state index in [1.807, 2.05) is 36.6 Å². The topological polar surface area (TPSA) is 109 Å². The number of imide groups is 1. The molecule has 1 atom stereocenters. The second-order valence-corrected chi connectivity index (χ2v) is 8.96. The minimum absolute atomic E-state index is 0.0553. The lowest BCUT2D eigenvalue weighted by molar-refractivity contribution is -0.138. The van der Waals surface area contributed by atoms with E-state index in [-0.39, 0.29) is 5.75 Å². The molecule has 11 heteroatoms. The highest BCUT2D eigenvalue weighted by molar-refractivity contribution is 7.99. The molecule has 1 aromatic heterocycles. The van der Waals surface area contributed by atoms with Crippen molar-refractivity contribution in [3.63, 3.8) is 0 Å². The highest BCUT2D eigenvalue weighted by atomic mass is 35.5. The number of nitrogens with zero attached hydrogens (tertiary/aromatic N) is 4. The lowest BCUT2D eigenvalue weighted by Gasteiger charge is -2.25. The van der Waals surface area contributed by atoms with Gasteiger partial charge in [-0.05, 0) is 43.2 Å². The zero-order chi connectivity index (χ0) is 24.3. The molecule has 1 aliphatic rings. The number of benzene rings is 2. The molecule has 0 bridgehead atoms. The Balaban J connectivity index is 1.44. The predicted molar refractivity (Wildman–Crippen MR) is 129 cm³/mol. The van der Waals surface area contributed by atoms with E-state index in [0.717, 1.165) is 10.6 Å². The van der Waals surface area contributed by atoms with Gasteiger partial charge in [-0.15, -0.1) is 10.2 Å². The van der Waals surface area contributed by atoms with E-state index in [1.165, 1.54) is 11.8 Å². The number of rotatable bonds is 8. The van der Waals surface area contributed by atoms with Crippen LogP contribution in [0.2, 0.25) is 5.02 Å². The summed E-state index contributed by atoms with van der Waals surface area (Å²) in [6, 6.07) is 15.6. The monoisotopic (exact) mass is 498 g/mol. The molecular formula is C23H23ClN6O3S. The van der Waals surface area contributed by atoms with Gasteiger partial charge in [0.1, 0.15) is 5.54 Å². The summed E-state index contributed by atoms with van der Waals surface area (Å²) in [7, 11) is 0. The average molecular weight is 499 g/mol. The maximum absolute atomic E-state index is 13.1. The van der Waals surface area contributed by atoms with Gasteiger partial charge in [0.25, 0.3) is 5.91 Å². The fraction of sp³-hybridized carbons (Fsp3) is 0.261. The van der Waals surface area contributed by atoms with Gasteiger partial charge in [0.2, 0.25) is 5.91 Å². The number of aromatic nitrogens is 3. The minimum Gasteiger partial charge on any atom is -0.318 e. The van der Waals surface area contributed by atoms with Gasteiger partial charge in [-0.25, -0.2) is 4.79 Å². The maximum atomic E-state index is 13.1. The Bertz CT molecular complexity index is 1220. The molecule has 1 fully saturated rings. The number of hydrogen-bond acceptors (Lipinski definition) is 6. The molecule has 1 saturated heterocycles. The largest absolute Gasteiger partial charge is 0.344 e. The van der Waals surface area contributed by atoms with E-state index in [9.17, 15) is 14.4 Å². The Morgan fingerprint density at radius 1 is 1.09 bits per heavy atom. The number of nitrogens with one attached hydrogen (secondary N) is 2. The third kappa shape index (κ3) is 4.38. The van der Waals surface area contributed by atoms with Crippen LogP contribution in [0, 0.1) is 0 Å². The van der Waals surface area contributed by atoms with Crippen LogP contribution < -0.4 is 10.7 Å². The summed E-state index contributed by atoms with van der Waals surface area (Å²) in [6.45, 7) is 4.36. The fourth-order valence-electron chi connectivity index (χ4n) is 3.82. The summed E-state index contributed by atoms with van der Waals surface area (Å²) in [6.07, 6.45) is 0.343. The number of hydrazine groups is 1. The molecule has 0 radical (unpaired) electrons. The highest BCUT2D eigenvalue weighted by Crippen LogP contribution is 2.31. The Morgan fingerprint density at radius 3 is 2.44 bits per heavy atom. The van der Waals surface area contributed by atoms with E-state index >= 15 is 0 Å². The van der Waals surface area contributed by atoms with Crippen molar-refractivity contribution >= 4 is 41.2 Å². The van der Waals surface area contributed by atoms with Crippen LogP contribution in [0.1, 0.15) is 25.8 Å². The third-order valence-corrected chi connectivity index (χ3v) is 6.81. The first kappa shape index (κ1) is 23.8. The van der Waals surface area contributed by atoms with Crippen molar-refractivity contribution in [2.24, 2.45) is 0 Å². The van der Waals surface area contributed by atoms with Gasteiger partial charge in [0, 0.05) is 17.1 Å². The zero-order valence-electron chi connectivity index (χ0n) is 18.6. The molecule has 0 saturated carbocycles. The number of carbonyl (C=O) groups is 3. The number of amides is 4. The Kier molecular flexibility index (Phi) is 6.90. The Morgan fingerprint density at radius 2 is 1.79 bits per heavy atom. The van der Waals surface area contributed by atoms with Gasteiger partial charge in [-0.1, -0.05) is 60.6 Å². The van der Waals surface area contributed by atoms with Crippen LogP contribution >= 0.6 is 23.4 Å². The lowest BCUT2D eigenvalue weighted by Crippen LogP contribution is -2.49. The van der Waals surface area contributed by atoms with E-state index < -0.39 is 23.4 Å². The van der Waals surface area contributed by atoms with Gasteiger partial charge in [0.05, 0.1) is 5.75 Å². The molecule has 2 aromatic carbocycles. The number of halogens is 1. The first-order valence-electron chi connectivity index (χ1n) is 10.7. The van der Waals surface area contributed by atoms with Gasteiger partial charge in [-0.2, -0.15) is 5.01 Å². The fourth-order valence-corrected chi connectivity index (χ4v) is 4.74. The van der Waals surface area contributed by atoms with Crippen molar-refractivity contribution in [2.45, 2.75) is 37.5 Å². The standard InChI is InChI=1S/C23H23ClN6O3S/c1-3-23(16-8-6-5-7-9-16)20(32)30(21(33)25-23)28-18(31)14-34-22-27-26-19(29(22)4-2)15-10-12-17(24)13-11-15/h5-13H,3-4,14H2,1-2H3,(H,25,33)(H,28,31). The van der Waals surface area contributed by atoms with Crippen LogP contribution in [0.15, 0.2) is 59.8 Å². The van der Waals surface area contributed by atoms with Crippen LogP contribution in [0.25, 0.3) is 11.4 Å². The van der Waals surface area contributed by atoms with E-state index in [1.54, 1.807) is 36.4 Å². The smallest absolute Gasteiger partial charge is 0.318 e. The van der Waals surface area contributed by atoms with Gasteiger partial charge in [-0.3, -0.25) is 15.0 Å². The van der Waals surface area contributed by atoms with Crippen molar-refractivity contribution < 1.29 is 14.4 Å². The molecule has 1 unspecified atom stereocenters. The van der Waals surface area contributed by atoms with Crippen molar-refractivity contribution in [1.29, 1.82) is 0 Å². The molecule has 0 aliphatic carbocycles. The van der Waals surface area contributed by atoms with Crippen molar-refractivity contribution in [2.75, 3.05) is 5.75 Å². The molecule has 2 N–H and O–H groups in total. The van der Waals surface area contributed by atoms with Crippen molar-refractivity contribution in [1.82, 2.24) is 30.5 Å².